The maximum Gasteiger partial charge on any atom is 0.429 e. The molecule has 1 fully saturated rings. The molecule has 1 heterocycles. The first-order valence-corrected chi connectivity index (χ1v) is 8.19. The van der Waals surface area contributed by atoms with Gasteiger partial charge in [0.1, 0.15) is 5.71 Å². The van der Waals surface area contributed by atoms with Gasteiger partial charge in [-0.05, 0) is 19.4 Å². The molecule has 28 heavy (non-hydrogen) atoms. The number of halogens is 6. The predicted octanol–water partition coefficient (Wildman–Crippen LogP) is 2.96. The number of aliphatic imine (C=N–C) groups is 1. The number of alkyl halides is 3. The lowest BCUT2D eigenvalue weighted by Gasteiger charge is -2.15. The second-order valence-corrected chi connectivity index (χ2v) is 6.39. The van der Waals surface area contributed by atoms with Crippen molar-refractivity contribution in [1.82, 2.24) is 4.90 Å². The van der Waals surface area contributed by atoms with Crippen molar-refractivity contribution in [3.8, 4) is 0 Å². The van der Waals surface area contributed by atoms with Crippen molar-refractivity contribution in [1.29, 1.82) is 0 Å². The highest BCUT2D eigenvalue weighted by Crippen LogP contribution is 2.25. The van der Waals surface area contributed by atoms with Gasteiger partial charge in [-0.3, -0.25) is 14.4 Å². The Bertz CT molecular complexity index is 833. The topological polar surface area (TPSA) is 78.8 Å². The SMILES string of the molecule is CC(=NC(=O)C(=O)N1CC[C@H](C(=O)Nc2cc(F)c(F)c(Cl)c2)C1)C(F)(F)F. The normalized spacial score (nSPS) is 17.6. The molecule has 1 saturated heterocycles. The number of nitrogens with one attached hydrogen (secondary N) is 1. The van der Waals surface area contributed by atoms with E-state index in [-0.39, 0.29) is 25.2 Å². The fourth-order valence-electron chi connectivity index (χ4n) is 2.43. The highest BCUT2D eigenvalue weighted by Gasteiger charge is 2.36. The van der Waals surface area contributed by atoms with E-state index in [0.29, 0.717) is 6.92 Å². The van der Waals surface area contributed by atoms with Gasteiger partial charge in [-0.25, -0.2) is 13.8 Å². The fraction of sp³-hybridized carbons (Fsp3) is 0.375. The first-order valence-electron chi connectivity index (χ1n) is 7.81. The van der Waals surface area contributed by atoms with Gasteiger partial charge in [0.15, 0.2) is 11.6 Å². The average Bonchev–Trinajstić information content (AvgIpc) is 3.08. The molecule has 1 aliphatic rings. The van der Waals surface area contributed by atoms with E-state index in [2.05, 4.69) is 10.3 Å². The predicted molar refractivity (Wildman–Crippen MR) is 88.9 cm³/mol. The Kier molecular flexibility index (Phi) is 6.37. The van der Waals surface area contributed by atoms with Crippen LogP contribution in [0, 0.1) is 17.6 Å². The number of amides is 3. The van der Waals surface area contributed by atoms with Crippen molar-refractivity contribution < 1.29 is 36.3 Å². The van der Waals surface area contributed by atoms with Gasteiger partial charge in [0.25, 0.3) is 0 Å². The molecule has 1 aromatic carbocycles. The van der Waals surface area contributed by atoms with Gasteiger partial charge in [0.2, 0.25) is 5.91 Å². The zero-order chi connectivity index (χ0) is 21.2. The maximum atomic E-state index is 13.3. The zero-order valence-corrected chi connectivity index (χ0v) is 15.0. The molecule has 1 N–H and O–H groups in total. The van der Waals surface area contributed by atoms with Crippen LogP contribution in [0.25, 0.3) is 0 Å². The summed E-state index contributed by atoms with van der Waals surface area (Å²) in [5.74, 6) is -6.87. The minimum Gasteiger partial charge on any atom is -0.334 e. The molecule has 1 aliphatic heterocycles. The van der Waals surface area contributed by atoms with Gasteiger partial charge >= 0.3 is 18.0 Å². The highest BCUT2D eigenvalue weighted by atomic mass is 35.5. The number of likely N-dealkylation sites (tertiary alicyclic amines) is 1. The number of rotatable bonds is 2. The van der Waals surface area contributed by atoms with Crippen LogP contribution in [0.4, 0.5) is 27.6 Å². The van der Waals surface area contributed by atoms with E-state index in [1.807, 2.05) is 0 Å². The van der Waals surface area contributed by atoms with Crippen LogP contribution in [0.15, 0.2) is 17.1 Å². The van der Waals surface area contributed by atoms with Crippen molar-refractivity contribution in [2.24, 2.45) is 10.9 Å². The Balaban J connectivity index is 2.00. The molecule has 0 unspecified atom stereocenters. The summed E-state index contributed by atoms with van der Waals surface area (Å²) >= 11 is 5.49. The van der Waals surface area contributed by atoms with E-state index >= 15 is 0 Å². The van der Waals surface area contributed by atoms with E-state index in [9.17, 15) is 36.3 Å². The van der Waals surface area contributed by atoms with E-state index in [4.69, 9.17) is 11.6 Å². The zero-order valence-electron chi connectivity index (χ0n) is 14.2. The first kappa shape index (κ1) is 21.7. The second-order valence-electron chi connectivity index (χ2n) is 5.98. The summed E-state index contributed by atoms with van der Waals surface area (Å²) in [5, 5.41) is 1.76. The summed E-state index contributed by atoms with van der Waals surface area (Å²) in [5.41, 5.74) is -1.57. The number of carbonyl (C=O) groups is 3. The van der Waals surface area contributed by atoms with Crippen LogP contribution in [0.5, 0.6) is 0 Å². The number of hydrogen-bond donors (Lipinski definition) is 1. The Morgan fingerprint density at radius 3 is 2.46 bits per heavy atom. The first-order chi connectivity index (χ1) is 12.9. The minimum absolute atomic E-state index is 0.0538. The standard InChI is InChI=1S/C16H13ClF5N3O3/c1-7(16(20,21)22)23-14(27)15(28)25-3-2-8(6-25)13(26)24-9-4-10(17)12(19)11(18)5-9/h4-5,8H,2-3,6H2,1H3,(H,24,26)/t8-/m0/s1. The molecule has 1 aromatic rings. The van der Waals surface area contributed by atoms with E-state index in [1.165, 1.54) is 0 Å². The van der Waals surface area contributed by atoms with Crippen molar-refractivity contribution in [3.63, 3.8) is 0 Å². The van der Waals surface area contributed by atoms with Gasteiger partial charge in [0.05, 0.1) is 10.9 Å². The monoisotopic (exact) mass is 425 g/mol. The smallest absolute Gasteiger partial charge is 0.334 e. The van der Waals surface area contributed by atoms with Crippen LogP contribution < -0.4 is 5.32 Å². The van der Waals surface area contributed by atoms with Crippen molar-refractivity contribution in [2.75, 3.05) is 18.4 Å². The average molecular weight is 426 g/mol. The van der Waals surface area contributed by atoms with E-state index in [1.54, 1.807) is 0 Å². The van der Waals surface area contributed by atoms with Crippen LogP contribution in [0.3, 0.4) is 0 Å². The van der Waals surface area contributed by atoms with Crippen LogP contribution >= 0.6 is 11.6 Å². The van der Waals surface area contributed by atoms with E-state index < -0.39 is 52.2 Å². The number of hydrogen-bond acceptors (Lipinski definition) is 3. The lowest BCUT2D eigenvalue weighted by atomic mass is 10.1. The number of carbonyl (C=O) groups excluding carboxylic acids is 3. The summed E-state index contributed by atoms with van der Waals surface area (Å²) in [7, 11) is 0. The van der Waals surface area contributed by atoms with Gasteiger partial charge in [0, 0.05) is 24.8 Å². The molecule has 12 heteroatoms. The lowest BCUT2D eigenvalue weighted by molar-refractivity contribution is -0.143. The van der Waals surface area contributed by atoms with Gasteiger partial charge in [-0.15, -0.1) is 0 Å². The molecule has 2 rings (SSSR count). The van der Waals surface area contributed by atoms with Gasteiger partial charge in [-0.2, -0.15) is 13.2 Å². The third-order valence-corrected chi connectivity index (χ3v) is 4.24. The summed E-state index contributed by atoms with van der Waals surface area (Å²) in [6.07, 6.45) is -4.72. The molecule has 152 valence electrons. The third kappa shape index (κ3) is 5.03. The van der Waals surface area contributed by atoms with Crippen LogP contribution in [0.2, 0.25) is 5.02 Å². The van der Waals surface area contributed by atoms with Crippen LogP contribution in [-0.2, 0) is 14.4 Å². The molecule has 3 amide bonds. The highest BCUT2D eigenvalue weighted by molar-refractivity contribution is 6.37. The minimum atomic E-state index is -4.84. The quantitative estimate of drug-likeness (QED) is 0.342. The van der Waals surface area contributed by atoms with Crippen molar-refractivity contribution >= 4 is 40.7 Å². The Labute approximate surface area is 160 Å². The molecule has 0 aliphatic carbocycles. The molecular formula is C16H13ClF5N3O3. The van der Waals surface area contributed by atoms with Crippen molar-refractivity contribution in [2.45, 2.75) is 19.5 Å². The number of nitrogens with zero attached hydrogens (tertiary/aromatic N) is 2. The molecular weight excluding hydrogens is 413 g/mol. The van der Waals surface area contributed by atoms with Crippen LogP contribution in [0.1, 0.15) is 13.3 Å². The number of anilines is 1. The second kappa shape index (κ2) is 8.21. The molecule has 6 nitrogen and oxygen atoms in total. The molecule has 1 atom stereocenters. The summed E-state index contributed by atoms with van der Waals surface area (Å²) in [6, 6.07) is 1.71. The third-order valence-electron chi connectivity index (χ3n) is 3.96. The molecule has 0 spiro atoms. The summed E-state index contributed by atoms with van der Waals surface area (Å²) in [4.78, 5) is 39.3. The van der Waals surface area contributed by atoms with Gasteiger partial charge in [-0.1, -0.05) is 11.6 Å². The van der Waals surface area contributed by atoms with Gasteiger partial charge < -0.3 is 10.2 Å². The molecule has 0 saturated carbocycles. The molecule has 0 radical (unpaired) electrons. The Morgan fingerprint density at radius 1 is 1.25 bits per heavy atom. The molecule has 0 aromatic heterocycles. The Morgan fingerprint density at radius 2 is 1.89 bits per heavy atom. The van der Waals surface area contributed by atoms with Crippen LogP contribution in [-0.4, -0.2) is 47.6 Å². The summed E-state index contributed by atoms with van der Waals surface area (Å²) in [6.45, 7) is 0.258. The van der Waals surface area contributed by atoms with E-state index in [0.717, 1.165) is 17.0 Å². The largest absolute Gasteiger partial charge is 0.429 e. The van der Waals surface area contributed by atoms with Crippen molar-refractivity contribution in [3.05, 3.63) is 28.8 Å². The fourth-order valence-corrected chi connectivity index (χ4v) is 2.64. The Hall–Kier alpha value is -2.56. The summed E-state index contributed by atoms with van der Waals surface area (Å²) < 4.78 is 63.6. The number of benzene rings is 1. The molecule has 0 bridgehead atoms. The maximum absolute atomic E-state index is 13.3. The lowest BCUT2D eigenvalue weighted by Crippen LogP contribution is -2.36.